The Bertz CT molecular complexity index is 479. The van der Waals surface area contributed by atoms with Gasteiger partial charge in [0, 0.05) is 37.4 Å². The van der Waals surface area contributed by atoms with E-state index in [0.29, 0.717) is 6.04 Å². The third-order valence-corrected chi connectivity index (χ3v) is 3.40. The lowest BCUT2D eigenvalue weighted by Crippen LogP contribution is -2.14. The van der Waals surface area contributed by atoms with Gasteiger partial charge in [-0.05, 0) is 32.0 Å². The van der Waals surface area contributed by atoms with Gasteiger partial charge in [0.1, 0.15) is 5.82 Å². The highest BCUT2D eigenvalue weighted by Gasteiger charge is 2.09. The predicted molar refractivity (Wildman–Crippen MR) is 73.5 cm³/mol. The minimum Gasteiger partial charge on any atom is -0.346 e. The fraction of sp³-hybridized carbons (Fsp3) is 0.500. The van der Waals surface area contributed by atoms with E-state index in [1.807, 2.05) is 19.4 Å². The van der Waals surface area contributed by atoms with Crippen LogP contribution in [0.5, 0.6) is 0 Å². The van der Waals surface area contributed by atoms with E-state index in [1.165, 1.54) is 5.56 Å². The van der Waals surface area contributed by atoms with Crippen LogP contribution in [-0.4, -0.2) is 21.2 Å². The number of hydrogen-bond acceptors (Lipinski definition) is 2. The monoisotopic (exact) mass is 246 g/mol. The summed E-state index contributed by atoms with van der Waals surface area (Å²) in [6, 6.07) is 2.63. The number of nitrogens with zero attached hydrogens (tertiary/aromatic N) is 3. The van der Waals surface area contributed by atoms with E-state index >= 15 is 0 Å². The molecule has 2 aromatic rings. The number of aryl methyl sites for hydroxylation is 1. The van der Waals surface area contributed by atoms with Gasteiger partial charge in [-0.25, -0.2) is 4.98 Å². The molecule has 0 saturated heterocycles. The van der Waals surface area contributed by atoms with Gasteiger partial charge >= 0.3 is 0 Å². The van der Waals surface area contributed by atoms with Gasteiger partial charge in [-0.2, -0.15) is 0 Å². The number of rotatable bonds is 6. The van der Waals surface area contributed by atoms with Crippen LogP contribution < -0.4 is 5.32 Å². The Morgan fingerprint density at radius 2 is 2.17 bits per heavy atom. The molecule has 0 aromatic carbocycles. The summed E-state index contributed by atoms with van der Waals surface area (Å²) >= 11 is 0. The molecule has 0 bridgehead atoms. The van der Waals surface area contributed by atoms with E-state index in [2.05, 4.69) is 51.7 Å². The van der Waals surface area contributed by atoms with Crippen LogP contribution in [0, 0.1) is 0 Å². The topological polar surface area (TPSA) is 34.8 Å². The van der Waals surface area contributed by atoms with Gasteiger partial charge in [0.05, 0.1) is 6.54 Å². The molecule has 2 aromatic heterocycles. The van der Waals surface area contributed by atoms with Gasteiger partial charge in [-0.3, -0.25) is 0 Å². The van der Waals surface area contributed by atoms with Crippen LogP contribution in [0.2, 0.25) is 0 Å². The van der Waals surface area contributed by atoms with E-state index in [4.69, 9.17) is 0 Å². The van der Waals surface area contributed by atoms with E-state index in [0.717, 1.165) is 25.3 Å². The van der Waals surface area contributed by atoms with Gasteiger partial charge in [0.15, 0.2) is 0 Å². The number of aromatic nitrogens is 3. The molecule has 98 valence electrons. The van der Waals surface area contributed by atoms with Gasteiger partial charge < -0.3 is 14.5 Å². The summed E-state index contributed by atoms with van der Waals surface area (Å²) in [6.07, 6.45) is 9.33. The van der Waals surface area contributed by atoms with Crippen molar-refractivity contribution in [2.24, 2.45) is 0 Å². The second kappa shape index (κ2) is 5.87. The molecule has 4 nitrogen and oxygen atoms in total. The lowest BCUT2D eigenvalue weighted by molar-refractivity contribution is 0.574. The van der Waals surface area contributed by atoms with Crippen LogP contribution in [0.3, 0.4) is 0 Å². The second-order valence-electron chi connectivity index (χ2n) is 4.50. The molecule has 2 rings (SSSR count). The summed E-state index contributed by atoms with van der Waals surface area (Å²) in [5.74, 6) is 1.11. The Kier molecular flexibility index (Phi) is 4.20. The van der Waals surface area contributed by atoms with Crippen molar-refractivity contribution in [3.05, 3.63) is 42.2 Å². The highest BCUT2D eigenvalue weighted by atomic mass is 15.1. The highest BCUT2D eigenvalue weighted by molar-refractivity contribution is 5.16. The van der Waals surface area contributed by atoms with E-state index in [9.17, 15) is 0 Å². The van der Waals surface area contributed by atoms with E-state index in [1.54, 1.807) is 0 Å². The van der Waals surface area contributed by atoms with Crippen LogP contribution in [0.4, 0.5) is 0 Å². The minimum atomic E-state index is 0.442. The zero-order chi connectivity index (χ0) is 13.0. The quantitative estimate of drug-likeness (QED) is 0.849. The molecule has 0 saturated carbocycles. The molecule has 1 unspecified atom stereocenters. The summed E-state index contributed by atoms with van der Waals surface area (Å²) in [7, 11) is 2.01. The maximum Gasteiger partial charge on any atom is 0.128 e. The minimum absolute atomic E-state index is 0.442. The molecule has 0 aliphatic heterocycles. The molecule has 0 fully saturated rings. The zero-order valence-electron chi connectivity index (χ0n) is 11.4. The first-order valence-electron chi connectivity index (χ1n) is 6.61. The fourth-order valence-electron chi connectivity index (χ4n) is 2.31. The average Bonchev–Trinajstić information content (AvgIpc) is 3.01. The second-order valence-corrected chi connectivity index (χ2v) is 4.50. The zero-order valence-corrected chi connectivity index (χ0v) is 11.4. The smallest absolute Gasteiger partial charge is 0.128 e. The standard InChI is InChI=1S/C14H22N4/c1-4-13(15-3)12-6-8-17(10-12)11-14-16-7-9-18(14)5-2/h6-10,13,15H,4-5,11H2,1-3H3. The average molecular weight is 246 g/mol. The van der Waals surface area contributed by atoms with Crippen LogP contribution in [0.1, 0.15) is 37.7 Å². The van der Waals surface area contributed by atoms with Gasteiger partial charge in [0.2, 0.25) is 0 Å². The molecule has 0 spiro atoms. The van der Waals surface area contributed by atoms with Crippen molar-refractivity contribution in [1.82, 2.24) is 19.4 Å². The van der Waals surface area contributed by atoms with Crippen LogP contribution >= 0.6 is 0 Å². The normalized spacial score (nSPS) is 12.8. The molecule has 0 aliphatic rings. The first-order chi connectivity index (χ1) is 8.78. The Balaban J connectivity index is 2.11. The molecule has 18 heavy (non-hydrogen) atoms. The largest absolute Gasteiger partial charge is 0.346 e. The van der Waals surface area contributed by atoms with Crippen LogP contribution in [0.25, 0.3) is 0 Å². The molecule has 2 heterocycles. The summed E-state index contributed by atoms with van der Waals surface area (Å²) in [5, 5.41) is 3.33. The van der Waals surface area contributed by atoms with Crippen molar-refractivity contribution < 1.29 is 0 Å². The van der Waals surface area contributed by atoms with E-state index in [-0.39, 0.29) is 0 Å². The lowest BCUT2D eigenvalue weighted by Gasteiger charge is -2.11. The Morgan fingerprint density at radius 3 is 2.83 bits per heavy atom. The molecule has 4 heteroatoms. The Hall–Kier alpha value is -1.55. The maximum absolute atomic E-state index is 4.40. The van der Waals surface area contributed by atoms with Crippen molar-refractivity contribution in [3.8, 4) is 0 Å². The Morgan fingerprint density at radius 1 is 1.33 bits per heavy atom. The Labute approximate surface area is 109 Å². The van der Waals surface area contributed by atoms with Crippen LogP contribution in [-0.2, 0) is 13.1 Å². The van der Waals surface area contributed by atoms with E-state index < -0.39 is 0 Å². The summed E-state index contributed by atoms with van der Waals surface area (Å²) < 4.78 is 4.37. The molecule has 0 radical (unpaired) electrons. The highest BCUT2D eigenvalue weighted by Crippen LogP contribution is 2.16. The first-order valence-corrected chi connectivity index (χ1v) is 6.61. The molecular weight excluding hydrogens is 224 g/mol. The third kappa shape index (κ3) is 2.64. The SMILES string of the molecule is CCC(NC)c1ccn(Cc2nccn2CC)c1. The molecule has 1 atom stereocenters. The summed E-state index contributed by atoms with van der Waals surface area (Å²) in [6.45, 7) is 6.14. The summed E-state index contributed by atoms with van der Waals surface area (Å²) in [5.41, 5.74) is 1.34. The van der Waals surface area contributed by atoms with Gasteiger partial charge in [0.25, 0.3) is 0 Å². The lowest BCUT2D eigenvalue weighted by atomic mass is 10.1. The summed E-state index contributed by atoms with van der Waals surface area (Å²) in [4.78, 5) is 4.40. The van der Waals surface area contributed by atoms with Crippen LogP contribution in [0.15, 0.2) is 30.9 Å². The third-order valence-electron chi connectivity index (χ3n) is 3.40. The maximum atomic E-state index is 4.40. The van der Waals surface area contributed by atoms with Gasteiger partial charge in [-0.15, -0.1) is 0 Å². The molecule has 0 aliphatic carbocycles. The number of nitrogens with one attached hydrogen (secondary N) is 1. The van der Waals surface area contributed by atoms with Gasteiger partial charge in [-0.1, -0.05) is 6.92 Å². The van der Waals surface area contributed by atoms with Crippen molar-refractivity contribution >= 4 is 0 Å². The number of imidazole rings is 1. The van der Waals surface area contributed by atoms with Crippen molar-refractivity contribution in [2.75, 3.05) is 7.05 Å². The molecule has 1 N–H and O–H groups in total. The molecular formula is C14H22N4. The number of hydrogen-bond donors (Lipinski definition) is 1. The first kappa shape index (κ1) is 12.9. The molecule has 0 amide bonds. The predicted octanol–water partition coefficient (Wildman–Crippen LogP) is 2.42. The fourth-order valence-corrected chi connectivity index (χ4v) is 2.31. The van der Waals surface area contributed by atoms with Crippen molar-refractivity contribution in [3.63, 3.8) is 0 Å². The van der Waals surface area contributed by atoms with Crippen molar-refractivity contribution in [2.45, 2.75) is 39.4 Å². The van der Waals surface area contributed by atoms with Crippen molar-refractivity contribution in [1.29, 1.82) is 0 Å².